The number of fused-ring (bicyclic) bond motifs is 3. The molecule has 0 spiro atoms. The summed E-state index contributed by atoms with van der Waals surface area (Å²) in [7, 11) is 0. The second-order valence-corrected chi connectivity index (χ2v) is 11.4. The SMILES string of the molecule is CC(C)(C)Oc1ccc(C[C@H](NC(=O)OCC2c3ccccc3-c3ccccc32)NC(=O)Oc2ccc([N+](=O)[O-])cc2)cc1. The predicted molar refractivity (Wildman–Crippen MR) is 165 cm³/mol. The van der Waals surface area contributed by atoms with Gasteiger partial charge in [0.05, 0.1) is 4.92 Å². The number of non-ortho nitro benzene ring substituents is 1. The minimum atomic E-state index is -0.898. The highest BCUT2D eigenvalue weighted by molar-refractivity contribution is 5.79. The van der Waals surface area contributed by atoms with E-state index in [1.165, 1.54) is 24.3 Å². The van der Waals surface area contributed by atoms with Crippen LogP contribution in [0.3, 0.4) is 0 Å². The Labute approximate surface area is 255 Å². The van der Waals surface area contributed by atoms with E-state index in [-0.39, 0.29) is 36.0 Å². The number of ether oxygens (including phenoxy) is 3. The molecule has 1 atom stereocenters. The average Bonchev–Trinajstić information content (AvgIpc) is 3.30. The van der Waals surface area contributed by atoms with Crippen molar-refractivity contribution in [3.63, 3.8) is 0 Å². The van der Waals surface area contributed by atoms with Crippen LogP contribution < -0.4 is 20.1 Å². The number of nitrogens with zero attached hydrogens (tertiary/aromatic N) is 1. The van der Waals surface area contributed by atoms with Crippen molar-refractivity contribution in [1.82, 2.24) is 10.6 Å². The molecule has 0 aromatic heterocycles. The van der Waals surface area contributed by atoms with Crippen molar-refractivity contribution in [3.05, 3.63) is 124 Å². The molecular weight excluding hydrogens is 562 g/mol. The number of carbonyl (C=O) groups excluding carboxylic acids is 2. The normalized spacial score (nSPS) is 12.8. The molecule has 5 rings (SSSR count). The van der Waals surface area contributed by atoms with E-state index < -0.39 is 23.3 Å². The van der Waals surface area contributed by atoms with Gasteiger partial charge in [0.15, 0.2) is 0 Å². The molecule has 0 fully saturated rings. The van der Waals surface area contributed by atoms with Crippen molar-refractivity contribution in [1.29, 1.82) is 0 Å². The molecule has 0 aliphatic heterocycles. The summed E-state index contributed by atoms with van der Waals surface area (Å²) in [6.07, 6.45) is -2.24. The molecular formula is C34H33N3O7. The van der Waals surface area contributed by atoms with Gasteiger partial charge in [0.1, 0.15) is 29.9 Å². The largest absolute Gasteiger partial charge is 0.488 e. The molecule has 0 radical (unpaired) electrons. The summed E-state index contributed by atoms with van der Waals surface area (Å²) in [5.74, 6) is 0.673. The van der Waals surface area contributed by atoms with Crippen molar-refractivity contribution in [2.24, 2.45) is 0 Å². The third-order valence-electron chi connectivity index (χ3n) is 6.97. The lowest BCUT2D eigenvalue weighted by Crippen LogP contribution is -2.50. The minimum Gasteiger partial charge on any atom is -0.488 e. The van der Waals surface area contributed by atoms with Crippen molar-refractivity contribution < 1.29 is 28.7 Å². The van der Waals surface area contributed by atoms with Crippen LogP contribution in [-0.2, 0) is 11.2 Å². The Balaban J connectivity index is 1.27. The molecule has 4 aromatic rings. The molecule has 0 unspecified atom stereocenters. The zero-order valence-electron chi connectivity index (χ0n) is 24.6. The molecule has 0 saturated carbocycles. The van der Waals surface area contributed by atoms with Gasteiger partial charge in [-0.05, 0) is 72.9 Å². The highest BCUT2D eigenvalue weighted by Gasteiger charge is 2.29. The number of benzene rings is 4. The molecule has 0 bridgehead atoms. The predicted octanol–water partition coefficient (Wildman–Crippen LogP) is 6.97. The number of rotatable bonds is 9. The Bertz CT molecular complexity index is 1600. The van der Waals surface area contributed by atoms with E-state index in [9.17, 15) is 19.7 Å². The van der Waals surface area contributed by atoms with Gasteiger partial charge in [-0.2, -0.15) is 0 Å². The van der Waals surface area contributed by atoms with Gasteiger partial charge in [0.25, 0.3) is 5.69 Å². The van der Waals surface area contributed by atoms with Gasteiger partial charge < -0.3 is 24.8 Å². The lowest BCUT2D eigenvalue weighted by molar-refractivity contribution is -0.384. The molecule has 2 N–H and O–H groups in total. The minimum absolute atomic E-state index is 0.108. The van der Waals surface area contributed by atoms with Crippen molar-refractivity contribution in [3.8, 4) is 22.6 Å². The molecule has 1 aliphatic rings. The second-order valence-electron chi connectivity index (χ2n) is 11.4. The maximum absolute atomic E-state index is 13.1. The zero-order valence-corrected chi connectivity index (χ0v) is 24.6. The molecule has 0 saturated heterocycles. The van der Waals surface area contributed by atoms with E-state index in [0.717, 1.165) is 27.8 Å². The van der Waals surface area contributed by atoms with Gasteiger partial charge in [-0.1, -0.05) is 60.7 Å². The summed E-state index contributed by atoms with van der Waals surface area (Å²) in [6.45, 7) is 5.97. The van der Waals surface area contributed by atoms with Gasteiger partial charge in [-0.25, -0.2) is 9.59 Å². The Kier molecular flexibility index (Phi) is 8.80. The molecule has 1 aliphatic carbocycles. The monoisotopic (exact) mass is 595 g/mol. The van der Waals surface area contributed by atoms with Gasteiger partial charge in [0, 0.05) is 24.5 Å². The number of nitro benzene ring substituents is 1. The summed E-state index contributed by atoms with van der Waals surface area (Å²) in [5, 5.41) is 16.3. The Morgan fingerprint density at radius 3 is 1.91 bits per heavy atom. The summed E-state index contributed by atoms with van der Waals surface area (Å²) < 4.78 is 16.9. The van der Waals surface area contributed by atoms with Gasteiger partial charge >= 0.3 is 12.2 Å². The summed E-state index contributed by atoms with van der Waals surface area (Å²) in [6, 6.07) is 28.5. The van der Waals surface area contributed by atoms with Crippen molar-refractivity contribution in [2.75, 3.05) is 6.61 Å². The zero-order chi connectivity index (χ0) is 31.3. The Morgan fingerprint density at radius 2 is 1.34 bits per heavy atom. The van der Waals surface area contributed by atoms with Crippen LogP contribution in [0.15, 0.2) is 97.1 Å². The second kappa shape index (κ2) is 12.9. The van der Waals surface area contributed by atoms with E-state index >= 15 is 0 Å². The maximum atomic E-state index is 13.1. The topological polar surface area (TPSA) is 129 Å². The lowest BCUT2D eigenvalue weighted by atomic mass is 9.98. The number of nitro groups is 1. The maximum Gasteiger partial charge on any atom is 0.414 e. The van der Waals surface area contributed by atoms with Gasteiger partial charge in [-0.3, -0.25) is 10.1 Å². The molecule has 2 amide bonds. The van der Waals surface area contributed by atoms with Crippen LogP contribution in [0.2, 0.25) is 0 Å². The van der Waals surface area contributed by atoms with Crippen LogP contribution in [0.4, 0.5) is 15.3 Å². The molecule has 0 heterocycles. The van der Waals surface area contributed by atoms with E-state index in [1.807, 2.05) is 81.4 Å². The standard InChI is InChI=1S/C34H33N3O7/c1-34(2,3)44-25-16-12-22(13-17-25)20-31(36-33(39)43-24-18-14-23(15-19-24)37(40)41)35-32(38)42-21-30-28-10-6-4-8-26(28)27-9-5-7-11-29(27)30/h4-19,30-31H,20-21H2,1-3H3,(H,35,38)(H,36,39)/t31-/m1/s1. The number of hydrogen-bond acceptors (Lipinski definition) is 7. The van der Waals surface area contributed by atoms with Gasteiger partial charge in [-0.15, -0.1) is 0 Å². The molecule has 44 heavy (non-hydrogen) atoms. The number of amides is 2. The van der Waals surface area contributed by atoms with E-state index in [4.69, 9.17) is 14.2 Å². The van der Waals surface area contributed by atoms with E-state index in [2.05, 4.69) is 22.8 Å². The molecule has 10 heteroatoms. The molecule has 4 aromatic carbocycles. The van der Waals surface area contributed by atoms with Crippen LogP contribution in [-0.4, -0.2) is 35.5 Å². The number of alkyl carbamates (subject to hydrolysis) is 1. The number of nitrogens with one attached hydrogen (secondary N) is 2. The summed E-state index contributed by atoms with van der Waals surface area (Å²) in [5.41, 5.74) is 4.71. The van der Waals surface area contributed by atoms with Crippen molar-refractivity contribution in [2.45, 2.75) is 44.9 Å². The Morgan fingerprint density at radius 1 is 0.795 bits per heavy atom. The van der Waals surface area contributed by atoms with Crippen LogP contribution in [0.25, 0.3) is 11.1 Å². The third-order valence-corrected chi connectivity index (χ3v) is 6.97. The lowest BCUT2D eigenvalue weighted by Gasteiger charge is -2.22. The first kappa shape index (κ1) is 30.1. The van der Waals surface area contributed by atoms with Gasteiger partial charge in [0.2, 0.25) is 0 Å². The fourth-order valence-electron chi connectivity index (χ4n) is 5.12. The smallest absolute Gasteiger partial charge is 0.414 e. The summed E-state index contributed by atoms with van der Waals surface area (Å²) in [4.78, 5) is 36.2. The first-order valence-corrected chi connectivity index (χ1v) is 14.2. The fraction of sp³-hybridized carbons (Fsp3) is 0.235. The van der Waals surface area contributed by atoms with Crippen LogP contribution in [0, 0.1) is 10.1 Å². The highest BCUT2D eigenvalue weighted by atomic mass is 16.6. The van der Waals surface area contributed by atoms with Crippen molar-refractivity contribution >= 4 is 17.9 Å². The van der Waals surface area contributed by atoms with E-state index in [1.54, 1.807) is 0 Å². The van der Waals surface area contributed by atoms with E-state index in [0.29, 0.717) is 5.75 Å². The van der Waals surface area contributed by atoms with Crippen LogP contribution >= 0.6 is 0 Å². The first-order chi connectivity index (χ1) is 21.1. The third kappa shape index (κ3) is 7.52. The first-order valence-electron chi connectivity index (χ1n) is 14.2. The number of carbonyl (C=O) groups is 2. The number of hydrogen-bond donors (Lipinski definition) is 2. The fourth-order valence-corrected chi connectivity index (χ4v) is 5.12. The Hall–Kier alpha value is -5.38. The molecule has 226 valence electrons. The van der Waals surface area contributed by atoms with Crippen LogP contribution in [0.1, 0.15) is 43.4 Å². The molecule has 10 nitrogen and oxygen atoms in total. The summed E-state index contributed by atoms with van der Waals surface area (Å²) >= 11 is 0. The van der Waals surface area contributed by atoms with Crippen LogP contribution in [0.5, 0.6) is 11.5 Å². The quantitative estimate of drug-likeness (QED) is 0.121. The average molecular weight is 596 g/mol. The highest BCUT2D eigenvalue weighted by Crippen LogP contribution is 2.44.